The number of rotatable bonds is 5. The zero-order valence-electron chi connectivity index (χ0n) is 11.0. The molecule has 2 rings (SSSR count). The average Bonchev–Trinajstić information content (AvgIpc) is 2.46. The van der Waals surface area contributed by atoms with Crippen LogP contribution in [0, 0.1) is 13.7 Å². The van der Waals surface area contributed by atoms with Crippen LogP contribution in [0.2, 0.25) is 0 Å². The van der Waals surface area contributed by atoms with Gasteiger partial charge in [0, 0.05) is 9.64 Å². The van der Waals surface area contributed by atoms with Crippen LogP contribution in [0.25, 0.3) is 0 Å². The lowest BCUT2D eigenvalue weighted by Crippen LogP contribution is -2.11. The van der Waals surface area contributed by atoms with Crippen molar-refractivity contribution < 1.29 is 4.92 Å². The first-order chi connectivity index (χ1) is 9.61. The van der Waals surface area contributed by atoms with Crippen molar-refractivity contribution in [2.45, 2.75) is 19.4 Å². The first kappa shape index (κ1) is 14.8. The lowest BCUT2D eigenvalue weighted by molar-refractivity contribution is -0.384. The van der Waals surface area contributed by atoms with Crippen molar-refractivity contribution in [1.82, 2.24) is 0 Å². The molecule has 0 aliphatic heterocycles. The van der Waals surface area contributed by atoms with Crippen molar-refractivity contribution in [3.05, 3.63) is 67.8 Å². The Morgan fingerprint density at radius 2 is 1.95 bits per heavy atom. The fourth-order valence-corrected chi connectivity index (χ4v) is 2.55. The van der Waals surface area contributed by atoms with Crippen molar-refractivity contribution in [3.63, 3.8) is 0 Å². The van der Waals surface area contributed by atoms with E-state index in [4.69, 9.17) is 0 Å². The van der Waals surface area contributed by atoms with E-state index in [-0.39, 0.29) is 16.7 Å². The maximum Gasteiger partial charge on any atom is 0.293 e. The Morgan fingerprint density at radius 1 is 1.25 bits per heavy atom. The zero-order valence-corrected chi connectivity index (χ0v) is 13.2. The lowest BCUT2D eigenvalue weighted by Gasteiger charge is -2.18. The summed E-state index contributed by atoms with van der Waals surface area (Å²) >= 11 is 2.08. The quantitative estimate of drug-likeness (QED) is 0.461. The minimum Gasteiger partial charge on any atom is -0.373 e. The lowest BCUT2D eigenvalue weighted by atomic mass is 10.0. The molecule has 1 unspecified atom stereocenters. The van der Waals surface area contributed by atoms with Gasteiger partial charge in [0.05, 0.1) is 11.0 Å². The van der Waals surface area contributed by atoms with Gasteiger partial charge in [0.1, 0.15) is 5.69 Å². The van der Waals surface area contributed by atoms with Crippen LogP contribution in [0.3, 0.4) is 0 Å². The Kier molecular flexibility index (Phi) is 4.94. The standard InChI is InChI=1S/C15H15IN2O2/c1-2-13(11-6-4-3-5-7-11)17-14-9-8-12(16)10-15(14)18(19)20/h3-10,13,17H,2H2,1H3. The molecule has 1 atom stereocenters. The monoisotopic (exact) mass is 382 g/mol. The van der Waals surface area contributed by atoms with Gasteiger partial charge in [-0.2, -0.15) is 0 Å². The van der Waals surface area contributed by atoms with Crippen molar-refractivity contribution in [3.8, 4) is 0 Å². The summed E-state index contributed by atoms with van der Waals surface area (Å²) in [4.78, 5) is 10.8. The van der Waals surface area contributed by atoms with Crippen LogP contribution in [0.5, 0.6) is 0 Å². The van der Waals surface area contributed by atoms with Gasteiger partial charge in [-0.25, -0.2) is 0 Å². The molecule has 1 N–H and O–H groups in total. The molecule has 2 aromatic rings. The molecular weight excluding hydrogens is 367 g/mol. The largest absolute Gasteiger partial charge is 0.373 e. The second kappa shape index (κ2) is 6.69. The highest BCUT2D eigenvalue weighted by molar-refractivity contribution is 14.1. The smallest absolute Gasteiger partial charge is 0.293 e. The molecule has 0 amide bonds. The summed E-state index contributed by atoms with van der Waals surface area (Å²) < 4.78 is 0.854. The number of hydrogen-bond donors (Lipinski definition) is 1. The number of halogens is 1. The van der Waals surface area contributed by atoms with E-state index in [9.17, 15) is 10.1 Å². The Balaban J connectivity index is 2.31. The van der Waals surface area contributed by atoms with Gasteiger partial charge < -0.3 is 5.32 Å². The minimum atomic E-state index is -0.345. The van der Waals surface area contributed by atoms with Crippen molar-refractivity contribution in [1.29, 1.82) is 0 Å². The Morgan fingerprint density at radius 3 is 2.55 bits per heavy atom. The van der Waals surface area contributed by atoms with Crippen LogP contribution < -0.4 is 5.32 Å². The van der Waals surface area contributed by atoms with Gasteiger partial charge in [0.15, 0.2) is 0 Å². The number of nitrogens with one attached hydrogen (secondary N) is 1. The Bertz CT molecular complexity index is 602. The normalized spacial score (nSPS) is 11.9. The molecule has 104 valence electrons. The molecule has 0 aromatic heterocycles. The molecule has 2 aromatic carbocycles. The van der Waals surface area contributed by atoms with Crippen LogP contribution in [-0.4, -0.2) is 4.92 Å². The van der Waals surface area contributed by atoms with Crippen LogP contribution in [0.4, 0.5) is 11.4 Å². The molecule has 0 saturated heterocycles. The average molecular weight is 382 g/mol. The van der Waals surface area contributed by atoms with Crippen molar-refractivity contribution in [2.24, 2.45) is 0 Å². The maximum absolute atomic E-state index is 11.1. The number of nitrogens with zero attached hydrogens (tertiary/aromatic N) is 1. The highest BCUT2D eigenvalue weighted by Gasteiger charge is 2.17. The van der Waals surface area contributed by atoms with Crippen LogP contribution in [0.1, 0.15) is 24.9 Å². The number of hydrogen-bond acceptors (Lipinski definition) is 3. The Hall–Kier alpha value is -1.63. The third-order valence-electron chi connectivity index (χ3n) is 3.10. The van der Waals surface area contributed by atoms with E-state index in [2.05, 4.69) is 34.8 Å². The summed E-state index contributed by atoms with van der Waals surface area (Å²) in [6.07, 6.45) is 0.854. The molecule has 0 fully saturated rings. The van der Waals surface area contributed by atoms with Gasteiger partial charge in [0.25, 0.3) is 5.69 Å². The highest BCUT2D eigenvalue weighted by Crippen LogP contribution is 2.30. The predicted octanol–water partition coefficient (Wildman–Crippen LogP) is 4.76. The Labute approximate surface area is 131 Å². The summed E-state index contributed by atoms with van der Waals surface area (Å²) in [5.41, 5.74) is 1.81. The van der Waals surface area contributed by atoms with E-state index in [1.54, 1.807) is 12.1 Å². The van der Waals surface area contributed by atoms with Crippen LogP contribution in [-0.2, 0) is 0 Å². The second-order valence-corrected chi connectivity index (χ2v) is 5.68. The molecule has 0 bridgehead atoms. The van der Waals surface area contributed by atoms with Gasteiger partial charge in [-0.15, -0.1) is 0 Å². The molecule has 0 spiro atoms. The summed E-state index contributed by atoms with van der Waals surface area (Å²) in [6, 6.07) is 15.3. The highest BCUT2D eigenvalue weighted by atomic mass is 127. The first-order valence-electron chi connectivity index (χ1n) is 6.37. The van der Waals surface area contributed by atoms with E-state index < -0.39 is 0 Å². The van der Waals surface area contributed by atoms with Gasteiger partial charge in [-0.05, 0) is 46.7 Å². The van der Waals surface area contributed by atoms with E-state index in [1.165, 1.54) is 0 Å². The summed E-state index contributed by atoms with van der Waals surface area (Å²) in [5, 5.41) is 14.4. The molecule has 20 heavy (non-hydrogen) atoms. The van der Waals surface area contributed by atoms with Gasteiger partial charge in [-0.1, -0.05) is 37.3 Å². The van der Waals surface area contributed by atoms with Crippen LogP contribution >= 0.6 is 22.6 Å². The second-order valence-electron chi connectivity index (χ2n) is 4.43. The molecule has 0 radical (unpaired) electrons. The topological polar surface area (TPSA) is 55.2 Å². The maximum atomic E-state index is 11.1. The molecule has 0 heterocycles. The molecule has 0 aliphatic rings. The van der Waals surface area contributed by atoms with Crippen LogP contribution in [0.15, 0.2) is 48.5 Å². The van der Waals surface area contributed by atoms with Gasteiger partial charge in [0.2, 0.25) is 0 Å². The summed E-state index contributed by atoms with van der Waals surface area (Å²) in [5.74, 6) is 0. The van der Waals surface area contributed by atoms with Gasteiger partial charge in [-0.3, -0.25) is 10.1 Å². The summed E-state index contributed by atoms with van der Waals surface area (Å²) in [7, 11) is 0. The number of nitro groups is 1. The minimum absolute atomic E-state index is 0.0648. The van der Waals surface area contributed by atoms with Crippen molar-refractivity contribution >= 4 is 34.0 Å². The third-order valence-corrected chi connectivity index (χ3v) is 3.77. The van der Waals surface area contributed by atoms with E-state index in [0.717, 1.165) is 15.6 Å². The fraction of sp³-hybridized carbons (Fsp3) is 0.200. The molecular formula is C15H15IN2O2. The number of anilines is 1. The molecule has 0 aliphatic carbocycles. The number of nitro benzene ring substituents is 1. The van der Waals surface area contributed by atoms with E-state index in [0.29, 0.717) is 5.69 Å². The summed E-state index contributed by atoms with van der Waals surface area (Å²) in [6.45, 7) is 2.06. The molecule has 4 nitrogen and oxygen atoms in total. The first-order valence-corrected chi connectivity index (χ1v) is 7.45. The van der Waals surface area contributed by atoms with Crippen molar-refractivity contribution in [2.75, 3.05) is 5.32 Å². The molecule has 0 saturated carbocycles. The zero-order chi connectivity index (χ0) is 14.5. The SMILES string of the molecule is CCC(Nc1ccc(I)cc1[N+](=O)[O-])c1ccccc1. The van der Waals surface area contributed by atoms with E-state index in [1.807, 2.05) is 36.4 Å². The predicted molar refractivity (Wildman–Crippen MR) is 88.9 cm³/mol. The fourth-order valence-electron chi connectivity index (χ4n) is 2.07. The number of benzene rings is 2. The third kappa shape index (κ3) is 3.47. The van der Waals surface area contributed by atoms with Gasteiger partial charge >= 0.3 is 0 Å². The van der Waals surface area contributed by atoms with E-state index >= 15 is 0 Å². The molecule has 5 heteroatoms.